The van der Waals surface area contributed by atoms with Crippen molar-refractivity contribution in [3.63, 3.8) is 0 Å². The third-order valence-corrected chi connectivity index (χ3v) is 4.25. The molecule has 0 aliphatic rings. The maximum atomic E-state index is 12.7. The molecule has 0 aliphatic heterocycles. The SMILES string of the molecule is Cc1ccc(C(=O)Nc2cn(CC(C)C)nc2C)cc1C#Cc1cccnc1. The Balaban J connectivity index is 1.80. The third-order valence-electron chi connectivity index (χ3n) is 4.25. The minimum absolute atomic E-state index is 0.170. The van der Waals surface area contributed by atoms with Gasteiger partial charge in [0.25, 0.3) is 5.91 Å². The van der Waals surface area contributed by atoms with Crippen molar-refractivity contribution < 1.29 is 4.79 Å². The van der Waals surface area contributed by atoms with E-state index in [1.165, 1.54) is 0 Å². The number of carbonyl (C=O) groups is 1. The zero-order chi connectivity index (χ0) is 20.1. The van der Waals surface area contributed by atoms with E-state index in [1.807, 2.05) is 55.1 Å². The summed E-state index contributed by atoms with van der Waals surface area (Å²) in [6.07, 6.45) is 5.31. The van der Waals surface area contributed by atoms with E-state index in [4.69, 9.17) is 0 Å². The van der Waals surface area contributed by atoms with Crippen molar-refractivity contribution in [1.82, 2.24) is 14.8 Å². The molecule has 0 saturated heterocycles. The van der Waals surface area contributed by atoms with E-state index >= 15 is 0 Å². The standard InChI is InChI=1S/C23H24N4O/c1-16(2)14-27-15-22(18(4)26-27)25-23(28)21-9-7-17(3)20(12-21)10-8-19-6-5-11-24-13-19/h5-7,9,11-13,15-16H,14H2,1-4H3,(H,25,28). The molecule has 5 nitrogen and oxygen atoms in total. The summed E-state index contributed by atoms with van der Waals surface area (Å²) in [5, 5.41) is 7.43. The van der Waals surface area contributed by atoms with Crippen LogP contribution in [0.1, 0.15) is 46.6 Å². The topological polar surface area (TPSA) is 59.8 Å². The summed E-state index contributed by atoms with van der Waals surface area (Å²) in [4.78, 5) is 16.8. The molecule has 0 unspecified atom stereocenters. The number of anilines is 1. The maximum Gasteiger partial charge on any atom is 0.255 e. The number of rotatable bonds is 4. The highest BCUT2D eigenvalue weighted by Crippen LogP contribution is 2.17. The largest absolute Gasteiger partial charge is 0.319 e. The summed E-state index contributed by atoms with van der Waals surface area (Å²) in [6.45, 7) is 8.96. The molecule has 0 radical (unpaired) electrons. The normalized spacial score (nSPS) is 10.5. The number of aryl methyl sites for hydroxylation is 2. The zero-order valence-electron chi connectivity index (χ0n) is 16.7. The van der Waals surface area contributed by atoms with Crippen LogP contribution in [-0.2, 0) is 6.54 Å². The molecule has 1 amide bonds. The molecule has 1 aromatic carbocycles. The molecule has 0 atom stereocenters. The van der Waals surface area contributed by atoms with Gasteiger partial charge in [0.2, 0.25) is 0 Å². The average molecular weight is 372 g/mol. The van der Waals surface area contributed by atoms with E-state index in [-0.39, 0.29) is 5.91 Å². The van der Waals surface area contributed by atoms with Gasteiger partial charge in [0.05, 0.1) is 11.4 Å². The van der Waals surface area contributed by atoms with Crippen molar-refractivity contribution in [3.8, 4) is 11.8 Å². The van der Waals surface area contributed by atoms with E-state index in [1.54, 1.807) is 12.4 Å². The smallest absolute Gasteiger partial charge is 0.255 e. The first kappa shape index (κ1) is 19.4. The highest BCUT2D eigenvalue weighted by molar-refractivity contribution is 6.04. The lowest BCUT2D eigenvalue weighted by Crippen LogP contribution is -2.12. The lowest BCUT2D eigenvalue weighted by Gasteiger charge is -2.06. The summed E-state index contributed by atoms with van der Waals surface area (Å²) < 4.78 is 1.87. The predicted octanol–water partition coefficient (Wildman–Crippen LogP) is 4.20. The van der Waals surface area contributed by atoms with Gasteiger partial charge in [-0.05, 0) is 49.6 Å². The van der Waals surface area contributed by atoms with Crippen molar-refractivity contribution in [2.45, 2.75) is 34.2 Å². The summed E-state index contributed by atoms with van der Waals surface area (Å²) >= 11 is 0. The Kier molecular flexibility index (Phi) is 5.90. The molecule has 1 N–H and O–H groups in total. The molecule has 5 heteroatoms. The van der Waals surface area contributed by atoms with Crippen LogP contribution in [-0.4, -0.2) is 20.7 Å². The van der Waals surface area contributed by atoms with Crippen LogP contribution >= 0.6 is 0 Å². The fraction of sp³-hybridized carbons (Fsp3) is 0.261. The number of benzene rings is 1. The van der Waals surface area contributed by atoms with Crippen molar-refractivity contribution in [3.05, 3.63) is 76.9 Å². The van der Waals surface area contributed by atoms with Gasteiger partial charge in [0, 0.05) is 41.8 Å². The number of nitrogens with zero attached hydrogens (tertiary/aromatic N) is 3. The lowest BCUT2D eigenvalue weighted by molar-refractivity contribution is 0.102. The van der Waals surface area contributed by atoms with Crippen LogP contribution in [0.15, 0.2) is 48.9 Å². The Bertz CT molecular complexity index is 1040. The van der Waals surface area contributed by atoms with Crippen LogP contribution in [0.2, 0.25) is 0 Å². The predicted molar refractivity (Wildman–Crippen MR) is 111 cm³/mol. The van der Waals surface area contributed by atoms with Gasteiger partial charge < -0.3 is 5.32 Å². The van der Waals surface area contributed by atoms with Crippen LogP contribution in [0.5, 0.6) is 0 Å². The van der Waals surface area contributed by atoms with Gasteiger partial charge in [-0.3, -0.25) is 14.5 Å². The van der Waals surface area contributed by atoms with E-state index in [0.29, 0.717) is 11.5 Å². The fourth-order valence-corrected chi connectivity index (χ4v) is 2.78. The molecule has 142 valence electrons. The number of pyridine rings is 1. The van der Waals surface area contributed by atoms with Gasteiger partial charge in [-0.15, -0.1) is 0 Å². The molecule has 2 aromatic heterocycles. The first-order valence-corrected chi connectivity index (χ1v) is 9.30. The second-order valence-electron chi connectivity index (χ2n) is 7.22. The Hall–Kier alpha value is -3.39. The average Bonchev–Trinajstić information content (AvgIpc) is 3.00. The highest BCUT2D eigenvalue weighted by atomic mass is 16.1. The number of hydrogen-bond donors (Lipinski definition) is 1. The van der Waals surface area contributed by atoms with Crippen molar-refractivity contribution >= 4 is 11.6 Å². The van der Waals surface area contributed by atoms with Crippen molar-refractivity contribution in [2.75, 3.05) is 5.32 Å². The van der Waals surface area contributed by atoms with Gasteiger partial charge >= 0.3 is 0 Å². The minimum atomic E-state index is -0.170. The lowest BCUT2D eigenvalue weighted by atomic mass is 10.0. The van der Waals surface area contributed by atoms with Gasteiger partial charge in [-0.2, -0.15) is 5.10 Å². The number of amides is 1. The van der Waals surface area contributed by atoms with Crippen LogP contribution in [0, 0.1) is 31.6 Å². The van der Waals surface area contributed by atoms with Crippen molar-refractivity contribution in [2.24, 2.45) is 5.92 Å². The monoisotopic (exact) mass is 372 g/mol. The molecule has 0 aliphatic carbocycles. The molecule has 0 fully saturated rings. The fourth-order valence-electron chi connectivity index (χ4n) is 2.78. The number of aromatic nitrogens is 3. The molecule has 0 saturated carbocycles. The minimum Gasteiger partial charge on any atom is -0.319 e. The summed E-state index contributed by atoms with van der Waals surface area (Å²) in [5.41, 5.74) is 4.78. The third kappa shape index (κ3) is 4.86. The van der Waals surface area contributed by atoms with Gasteiger partial charge in [-0.25, -0.2) is 0 Å². The Morgan fingerprint density at radius 1 is 1.21 bits per heavy atom. The van der Waals surface area contributed by atoms with Crippen LogP contribution < -0.4 is 5.32 Å². The zero-order valence-corrected chi connectivity index (χ0v) is 16.7. The second kappa shape index (κ2) is 8.53. The summed E-state index contributed by atoms with van der Waals surface area (Å²) in [6, 6.07) is 9.30. The van der Waals surface area contributed by atoms with Gasteiger partial charge in [-0.1, -0.05) is 31.8 Å². The van der Waals surface area contributed by atoms with Crippen LogP contribution in [0.3, 0.4) is 0 Å². The summed E-state index contributed by atoms with van der Waals surface area (Å²) in [7, 11) is 0. The van der Waals surface area contributed by atoms with E-state index in [0.717, 1.165) is 34.6 Å². The number of nitrogens with one attached hydrogen (secondary N) is 1. The molecular formula is C23H24N4O. The van der Waals surface area contributed by atoms with Crippen LogP contribution in [0.25, 0.3) is 0 Å². The van der Waals surface area contributed by atoms with Gasteiger partial charge in [0.15, 0.2) is 0 Å². The Labute approximate surface area is 165 Å². The molecular weight excluding hydrogens is 348 g/mol. The molecule has 2 heterocycles. The second-order valence-corrected chi connectivity index (χ2v) is 7.22. The first-order chi connectivity index (χ1) is 13.4. The van der Waals surface area contributed by atoms with E-state index < -0.39 is 0 Å². The Morgan fingerprint density at radius 3 is 2.75 bits per heavy atom. The quantitative estimate of drug-likeness (QED) is 0.698. The highest BCUT2D eigenvalue weighted by Gasteiger charge is 2.12. The number of carbonyl (C=O) groups excluding carboxylic acids is 1. The van der Waals surface area contributed by atoms with Crippen LogP contribution in [0.4, 0.5) is 5.69 Å². The first-order valence-electron chi connectivity index (χ1n) is 9.30. The summed E-state index contributed by atoms with van der Waals surface area (Å²) in [5.74, 6) is 6.55. The molecule has 0 bridgehead atoms. The maximum absolute atomic E-state index is 12.7. The van der Waals surface area contributed by atoms with E-state index in [9.17, 15) is 4.79 Å². The molecule has 3 rings (SSSR count). The van der Waals surface area contributed by atoms with E-state index in [2.05, 4.69) is 41.1 Å². The van der Waals surface area contributed by atoms with Crippen molar-refractivity contribution in [1.29, 1.82) is 0 Å². The molecule has 28 heavy (non-hydrogen) atoms. The molecule has 0 spiro atoms. The molecule has 3 aromatic rings. The van der Waals surface area contributed by atoms with Gasteiger partial charge in [0.1, 0.15) is 0 Å². The Morgan fingerprint density at radius 2 is 2.04 bits per heavy atom. The number of hydrogen-bond acceptors (Lipinski definition) is 3.